The highest BCUT2D eigenvalue weighted by molar-refractivity contribution is 5.89. The van der Waals surface area contributed by atoms with Crippen LogP contribution in [0.4, 0.5) is 0 Å². The molecule has 3 aromatic rings. The van der Waals surface area contributed by atoms with Crippen molar-refractivity contribution in [2.45, 2.75) is 32.9 Å². The summed E-state index contributed by atoms with van der Waals surface area (Å²) in [7, 11) is 0. The number of aromatic nitrogens is 2. The highest BCUT2D eigenvalue weighted by Crippen LogP contribution is 2.34. The number of fused-ring (bicyclic) bond motifs is 2. The molecule has 0 radical (unpaired) electrons. The lowest BCUT2D eigenvalue weighted by Crippen LogP contribution is -2.36. The van der Waals surface area contributed by atoms with E-state index in [9.17, 15) is 9.90 Å². The van der Waals surface area contributed by atoms with Gasteiger partial charge in [-0.2, -0.15) is 0 Å². The summed E-state index contributed by atoms with van der Waals surface area (Å²) in [6.45, 7) is 6.39. The van der Waals surface area contributed by atoms with Gasteiger partial charge in [-0.05, 0) is 54.7 Å². The molecule has 1 aromatic heterocycles. The quantitative estimate of drug-likeness (QED) is 0.755. The molecule has 0 bridgehead atoms. The number of aromatic amines is 1. The number of nitrogens with one attached hydrogen (secondary N) is 1. The number of benzene rings is 2. The standard InChI is InChI=1S/C20H21N3O2/c1-12(2)23-7-6-16-13(10-23)4-3-5-15(16)14-8-17-19(18(24)9-14)21-11-22-20(17)25/h3-5,8-9,11-12,24H,6-7,10H2,1-2H3,(H,21,22,25). The van der Waals surface area contributed by atoms with E-state index in [4.69, 9.17) is 0 Å². The van der Waals surface area contributed by atoms with Gasteiger partial charge < -0.3 is 10.1 Å². The number of nitrogens with zero attached hydrogens (tertiary/aromatic N) is 2. The molecule has 0 atom stereocenters. The third kappa shape index (κ3) is 2.70. The zero-order chi connectivity index (χ0) is 17.6. The lowest BCUT2D eigenvalue weighted by atomic mass is 9.90. The molecule has 0 spiro atoms. The fraction of sp³-hybridized carbons (Fsp3) is 0.300. The minimum absolute atomic E-state index is 0.0378. The molecule has 5 nitrogen and oxygen atoms in total. The van der Waals surface area contributed by atoms with Gasteiger partial charge in [-0.15, -0.1) is 0 Å². The van der Waals surface area contributed by atoms with Crippen molar-refractivity contribution in [1.29, 1.82) is 0 Å². The van der Waals surface area contributed by atoms with E-state index in [1.54, 1.807) is 6.07 Å². The van der Waals surface area contributed by atoms with Crippen molar-refractivity contribution in [3.8, 4) is 16.9 Å². The van der Waals surface area contributed by atoms with E-state index in [2.05, 4.69) is 40.8 Å². The molecule has 25 heavy (non-hydrogen) atoms. The molecule has 0 saturated carbocycles. The summed E-state index contributed by atoms with van der Waals surface area (Å²) in [6.07, 6.45) is 2.28. The first-order chi connectivity index (χ1) is 12.0. The Balaban J connectivity index is 1.87. The van der Waals surface area contributed by atoms with Crippen LogP contribution in [-0.2, 0) is 13.0 Å². The maximum Gasteiger partial charge on any atom is 0.258 e. The van der Waals surface area contributed by atoms with E-state index in [-0.39, 0.29) is 11.3 Å². The molecule has 1 aliphatic heterocycles. The Morgan fingerprint density at radius 1 is 1.28 bits per heavy atom. The van der Waals surface area contributed by atoms with Crippen molar-refractivity contribution >= 4 is 10.9 Å². The second kappa shape index (κ2) is 6.01. The Kier molecular flexibility index (Phi) is 3.81. The summed E-state index contributed by atoms with van der Waals surface area (Å²) < 4.78 is 0. The van der Waals surface area contributed by atoms with Gasteiger partial charge in [0.15, 0.2) is 0 Å². The fourth-order valence-electron chi connectivity index (χ4n) is 3.66. The van der Waals surface area contributed by atoms with Gasteiger partial charge in [-0.3, -0.25) is 9.69 Å². The van der Waals surface area contributed by atoms with Crippen molar-refractivity contribution < 1.29 is 5.11 Å². The van der Waals surface area contributed by atoms with Crippen LogP contribution in [0.25, 0.3) is 22.0 Å². The lowest BCUT2D eigenvalue weighted by Gasteiger charge is -2.33. The highest BCUT2D eigenvalue weighted by atomic mass is 16.3. The molecule has 4 rings (SSSR count). The predicted octanol–water partition coefficient (Wildman–Crippen LogP) is 3.06. The van der Waals surface area contributed by atoms with Gasteiger partial charge in [-0.1, -0.05) is 18.2 Å². The number of aromatic hydroxyl groups is 1. The summed E-state index contributed by atoms with van der Waals surface area (Å²) in [5, 5.41) is 10.7. The summed E-state index contributed by atoms with van der Waals surface area (Å²) in [4.78, 5) is 21.2. The van der Waals surface area contributed by atoms with Gasteiger partial charge in [0.05, 0.1) is 11.7 Å². The molecule has 1 aliphatic rings. The average molecular weight is 335 g/mol. The predicted molar refractivity (Wildman–Crippen MR) is 98.7 cm³/mol. The highest BCUT2D eigenvalue weighted by Gasteiger charge is 2.21. The normalized spacial score (nSPS) is 14.8. The third-order valence-corrected chi connectivity index (χ3v) is 5.06. The van der Waals surface area contributed by atoms with Crippen LogP contribution in [0, 0.1) is 0 Å². The van der Waals surface area contributed by atoms with E-state index in [1.807, 2.05) is 12.1 Å². The minimum atomic E-state index is -0.238. The van der Waals surface area contributed by atoms with Gasteiger partial charge in [0.2, 0.25) is 0 Å². The summed E-state index contributed by atoms with van der Waals surface area (Å²) in [6, 6.07) is 10.3. The van der Waals surface area contributed by atoms with Gasteiger partial charge in [0.25, 0.3) is 5.56 Å². The van der Waals surface area contributed by atoms with Crippen LogP contribution in [-0.4, -0.2) is 32.6 Å². The summed E-state index contributed by atoms with van der Waals surface area (Å²) >= 11 is 0. The second-order valence-corrected chi connectivity index (χ2v) is 6.88. The van der Waals surface area contributed by atoms with Crippen molar-refractivity contribution in [3.63, 3.8) is 0 Å². The molecule has 0 fully saturated rings. The van der Waals surface area contributed by atoms with Crippen LogP contribution in [0.1, 0.15) is 25.0 Å². The maximum atomic E-state index is 12.1. The smallest absolute Gasteiger partial charge is 0.258 e. The number of phenols is 1. The zero-order valence-electron chi connectivity index (χ0n) is 14.4. The number of hydrogen-bond donors (Lipinski definition) is 2. The largest absolute Gasteiger partial charge is 0.506 e. The molecular formula is C20H21N3O2. The van der Waals surface area contributed by atoms with Crippen LogP contribution in [0.15, 0.2) is 41.5 Å². The fourth-order valence-corrected chi connectivity index (χ4v) is 3.66. The number of hydrogen-bond acceptors (Lipinski definition) is 4. The van der Waals surface area contributed by atoms with Crippen LogP contribution < -0.4 is 5.56 Å². The van der Waals surface area contributed by atoms with Gasteiger partial charge in [0, 0.05) is 19.1 Å². The van der Waals surface area contributed by atoms with Crippen molar-refractivity contribution in [2.24, 2.45) is 0 Å². The van der Waals surface area contributed by atoms with Crippen LogP contribution >= 0.6 is 0 Å². The average Bonchev–Trinajstić information content (AvgIpc) is 2.61. The first-order valence-corrected chi connectivity index (χ1v) is 8.60. The summed E-state index contributed by atoms with van der Waals surface area (Å²) in [5.41, 5.74) is 4.66. The van der Waals surface area contributed by atoms with Gasteiger partial charge >= 0.3 is 0 Å². The van der Waals surface area contributed by atoms with E-state index in [1.165, 1.54) is 17.5 Å². The Morgan fingerprint density at radius 2 is 2.12 bits per heavy atom. The van der Waals surface area contributed by atoms with Crippen LogP contribution in [0.5, 0.6) is 5.75 Å². The Labute approximate surface area is 146 Å². The minimum Gasteiger partial charge on any atom is -0.506 e. The monoisotopic (exact) mass is 335 g/mol. The lowest BCUT2D eigenvalue weighted by molar-refractivity contribution is 0.203. The third-order valence-electron chi connectivity index (χ3n) is 5.06. The van der Waals surface area contributed by atoms with E-state index in [0.717, 1.165) is 30.6 Å². The van der Waals surface area contributed by atoms with E-state index >= 15 is 0 Å². The van der Waals surface area contributed by atoms with E-state index in [0.29, 0.717) is 16.9 Å². The van der Waals surface area contributed by atoms with Gasteiger partial charge in [0.1, 0.15) is 11.3 Å². The number of rotatable bonds is 2. The molecule has 128 valence electrons. The maximum absolute atomic E-state index is 12.1. The topological polar surface area (TPSA) is 69.2 Å². The Morgan fingerprint density at radius 3 is 2.92 bits per heavy atom. The van der Waals surface area contributed by atoms with Gasteiger partial charge in [-0.25, -0.2) is 4.98 Å². The first kappa shape index (κ1) is 15.8. The van der Waals surface area contributed by atoms with E-state index < -0.39 is 0 Å². The number of phenolic OH excluding ortho intramolecular Hbond substituents is 1. The first-order valence-electron chi connectivity index (χ1n) is 8.60. The molecule has 0 saturated heterocycles. The van der Waals surface area contributed by atoms with Crippen molar-refractivity contribution in [1.82, 2.24) is 14.9 Å². The molecule has 0 aliphatic carbocycles. The van der Waals surface area contributed by atoms with Crippen LogP contribution in [0.3, 0.4) is 0 Å². The molecule has 0 unspecified atom stereocenters. The molecule has 5 heteroatoms. The second-order valence-electron chi connectivity index (χ2n) is 6.88. The zero-order valence-corrected chi connectivity index (χ0v) is 14.4. The molecule has 2 heterocycles. The molecular weight excluding hydrogens is 314 g/mol. The number of H-pyrrole nitrogens is 1. The Hall–Kier alpha value is -2.66. The molecule has 0 amide bonds. The summed E-state index contributed by atoms with van der Waals surface area (Å²) in [5.74, 6) is 0.0378. The molecule has 2 N–H and O–H groups in total. The SMILES string of the molecule is CC(C)N1CCc2c(cccc2-c2cc(O)c3nc[nH]c(=O)c3c2)C1. The Bertz CT molecular complexity index is 1010. The van der Waals surface area contributed by atoms with Crippen molar-refractivity contribution in [3.05, 3.63) is 58.1 Å². The molecule has 2 aromatic carbocycles. The van der Waals surface area contributed by atoms with Crippen molar-refractivity contribution in [2.75, 3.05) is 6.54 Å². The van der Waals surface area contributed by atoms with Crippen LogP contribution in [0.2, 0.25) is 0 Å².